The van der Waals surface area contributed by atoms with Gasteiger partial charge in [0.15, 0.2) is 0 Å². The van der Waals surface area contributed by atoms with E-state index < -0.39 is 0 Å². The van der Waals surface area contributed by atoms with Gasteiger partial charge in [-0.25, -0.2) is 4.98 Å². The Hall–Kier alpha value is -3.13. The number of nitrogens with one attached hydrogen (secondary N) is 1. The number of para-hydroxylation sites is 1. The van der Waals surface area contributed by atoms with E-state index in [4.69, 9.17) is 14.2 Å². The average Bonchev–Trinajstić information content (AvgIpc) is 3.41. The number of hydrogen-bond donors (Lipinski definition) is 1. The Balaban J connectivity index is 1.47. The Morgan fingerprint density at radius 1 is 1.23 bits per heavy atom. The largest absolute Gasteiger partial charge is 0.492 e. The fourth-order valence-electron chi connectivity index (χ4n) is 4.03. The number of rotatable bonds is 5. The van der Waals surface area contributed by atoms with Crippen LogP contribution in [-0.4, -0.2) is 46.7 Å². The SMILES string of the molecule is CCOc1nc2nc(C3CCOCC3)cn2cc1NC(=O)c1cccc2c1OCC2. The van der Waals surface area contributed by atoms with Gasteiger partial charge in [-0.05, 0) is 31.4 Å². The van der Waals surface area contributed by atoms with Crippen molar-refractivity contribution in [2.45, 2.75) is 32.1 Å². The molecular weight excluding hydrogens is 384 g/mol. The predicted molar refractivity (Wildman–Crippen MR) is 111 cm³/mol. The second kappa shape index (κ2) is 7.95. The molecule has 2 aliphatic heterocycles. The van der Waals surface area contributed by atoms with E-state index in [9.17, 15) is 4.79 Å². The van der Waals surface area contributed by atoms with Gasteiger partial charge in [0.1, 0.15) is 11.4 Å². The van der Waals surface area contributed by atoms with Gasteiger partial charge in [0, 0.05) is 37.9 Å². The maximum Gasteiger partial charge on any atom is 0.259 e. The van der Waals surface area contributed by atoms with Gasteiger partial charge in [0.25, 0.3) is 5.91 Å². The van der Waals surface area contributed by atoms with Crippen molar-refractivity contribution in [3.05, 3.63) is 47.4 Å². The van der Waals surface area contributed by atoms with Crippen LogP contribution in [0.1, 0.15) is 47.3 Å². The first-order valence-corrected chi connectivity index (χ1v) is 10.4. The summed E-state index contributed by atoms with van der Waals surface area (Å²) in [5.41, 5.74) is 3.06. The Bertz CT molecular complexity index is 1090. The molecule has 2 aliphatic rings. The molecule has 8 heteroatoms. The molecule has 1 aromatic carbocycles. The number of benzene rings is 1. The summed E-state index contributed by atoms with van der Waals surface area (Å²) in [4.78, 5) is 22.2. The molecule has 0 bridgehead atoms. The molecule has 1 saturated heterocycles. The van der Waals surface area contributed by atoms with Crippen molar-refractivity contribution in [2.75, 3.05) is 31.7 Å². The molecule has 1 fully saturated rings. The summed E-state index contributed by atoms with van der Waals surface area (Å²) < 4.78 is 18.7. The van der Waals surface area contributed by atoms with E-state index >= 15 is 0 Å². The monoisotopic (exact) mass is 408 g/mol. The van der Waals surface area contributed by atoms with Crippen LogP contribution in [0, 0.1) is 0 Å². The van der Waals surface area contributed by atoms with Gasteiger partial charge < -0.3 is 19.5 Å². The number of carbonyl (C=O) groups is 1. The van der Waals surface area contributed by atoms with E-state index in [2.05, 4.69) is 15.3 Å². The highest BCUT2D eigenvalue weighted by atomic mass is 16.5. The van der Waals surface area contributed by atoms with Gasteiger partial charge in [0.05, 0.1) is 24.5 Å². The van der Waals surface area contributed by atoms with Crippen LogP contribution in [0.5, 0.6) is 11.6 Å². The lowest BCUT2D eigenvalue weighted by Crippen LogP contribution is -2.15. The lowest BCUT2D eigenvalue weighted by Gasteiger charge is -2.19. The topological polar surface area (TPSA) is 87.0 Å². The highest BCUT2D eigenvalue weighted by molar-refractivity contribution is 6.07. The zero-order valence-electron chi connectivity index (χ0n) is 16.9. The number of hydrogen-bond acceptors (Lipinski definition) is 6. The van der Waals surface area contributed by atoms with Gasteiger partial charge >= 0.3 is 0 Å². The molecule has 8 nitrogen and oxygen atoms in total. The highest BCUT2D eigenvalue weighted by Crippen LogP contribution is 2.32. The summed E-state index contributed by atoms with van der Waals surface area (Å²) in [5.74, 6) is 1.68. The van der Waals surface area contributed by atoms with E-state index in [1.54, 1.807) is 6.07 Å². The number of imidazole rings is 1. The van der Waals surface area contributed by atoms with Crippen LogP contribution in [0.4, 0.5) is 5.69 Å². The average molecular weight is 408 g/mol. The molecule has 0 saturated carbocycles. The number of carbonyl (C=O) groups excluding carboxylic acids is 1. The third-order valence-corrected chi connectivity index (χ3v) is 5.56. The van der Waals surface area contributed by atoms with Crippen LogP contribution >= 0.6 is 0 Å². The van der Waals surface area contributed by atoms with Crippen molar-refractivity contribution in [3.8, 4) is 11.6 Å². The fraction of sp³-hybridized carbons (Fsp3) is 0.409. The maximum atomic E-state index is 13.0. The smallest absolute Gasteiger partial charge is 0.259 e. The molecule has 0 spiro atoms. The summed E-state index contributed by atoms with van der Waals surface area (Å²) in [6.45, 7) is 4.42. The Kier molecular flexibility index (Phi) is 5.00. The molecule has 0 aliphatic carbocycles. The first-order chi connectivity index (χ1) is 14.7. The van der Waals surface area contributed by atoms with Crippen LogP contribution in [0.25, 0.3) is 5.78 Å². The highest BCUT2D eigenvalue weighted by Gasteiger charge is 2.23. The van der Waals surface area contributed by atoms with Gasteiger partial charge in [0.2, 0.25) is 11.7 Å². The van der Waals surface area contributed by atoms with Gasteiger partial charge in [-0.2, -0.15) is 4.98 Å². The van der Waals surface area contributed by atoms with E-state index in [0.29, 0.717) is 47.8 Å². The Morgan fingerprint density at radius 3 is 2.93 bits per heavy atom. The van der Waals surface area contributed by atoms with Crippen LogP contribution in [0.2, 0.25) is 0 Å². The molecular formula is C22H24N4O4. The Labute approximate surface area is 174 Å². The molecule has 4 heterocycles. The lowest BCUT2D eigenvalue weighted by atomic mass is 9.97. The zero-order chi connectivity index (χ0) is 20.5. The summed E-state index contributed by atoms with van der Waals surface area (Å²) >= 11 is 0. The minimum absolute atomic E-state index is 0.249. The molecule has 0 unspecified atom stereocenters. The zero-order valence-corrected chi connectivity index (χ0v) is 16.9. The van der Waals surface area contributed by atoms with Crippen molar-refractivity contribution in [1.29, 1.82) is 0 Å². The first-order valence-electron chi connectivity index (χ1n) is 10.4. The van der Waals surface area contributed by atoms with Gasteiger partial charge in [-0.1, -0.05) is 12.1 Å². The summed E-state index contributed by atoms with van der Waals surface area (Å²) in [7, 11) is 0. The quantitative estimate of drug-likeness (QED) is 0.698. The molecule has 3 aromatic rings. The third-order valence-electron chi connectivity index (χ3n) is 5.56. The number of nitrogens with zero attached hydrogens (tertiary/aromatic N) is 3. The predicted octanol–water partition coefficient (Wildman–Crippen LogP) is 3.21. The fourth-order valence-corrected chi connectivity index (χ4v) is 4.03. The molecule has 0 atom stereocenters. The lowest BCUT2D eigenvalue weighted by molar-refractivity contribution is 0.0846. The number of aromatic nitrogens is 3. The number of amides is 1. The number of anilines is 1. The van der Waals surface area contributed by atoms with Crippen LogP contribution in [0.3, 0.4) is 0 Å². The molecule has 30 heavy (non-hydrogen) atoms. The molecule has 156 valence electrons. The van der Waals surface area contributed by atoms with Crippen LogP contribution in [0.15, 0.2) is 30.6 Å². The van der Waals surface area contributed by atoms with E-state index in [1.165, 1.54) is 0 Å². The van der Waals surface area contributed by atoms with Gasteiger partial charge in [-0.15, -0.1) is 0 Å². The maximum absolute atomic E-state index is 13.0. The van der Waals surface area contributed by atoms with Crippen LogP contribution in [-0.2, 0) is 11.2 Å². The van der Waals surface area contributed by atoms with E-state index in [1.807, 2.05) is 35.9 Å². The van der Waals surface area contributed by atoms with E-state index in [0.717, 1.165) is 43.7 Å². The first kappa shape index (κ1) is 18.9. The number of ether oxygens (including phenoxy) is 3. The minimum Gasteiger partial charge on any atom is -0.492 e. The van der Waals surface area contributed by atoms with Gasteiger partial charge in [-0.3, -0.25) is 9.20 Å². The van der Waals surface area contributed by atoms with Crippen molar-refractivity contribution in [2.24, 2.45) is 0 Å². The van der Waals surface area contributed by atoms with Crippen LogP contribution < -0.4 is 14.8 Å². The minimum atomic E-state index is -0.249. The van der Waals surface area contributed by atoms with Crippen molar-refractivity contribution in [1.82, 2.24) is 14.4 Å². The second-order valence-electron chi connectivity index (χ2n) is 7.50. The normalized spacial score (nSPS) is 16.3. The van der Waals surface area contributed by atoms with E-state index in [-0.39, 0.29) is 5.91 Å². The third kappa shape index (κ3) is 3.47. The molecule has 1 amide bonds. The second-order valence-corrected chi connectivity index (χ2v) is 7.50. The Morgan fingerprint density at radius 2 is 2.10 bits per heavy atom. The van der Waals surface area contributed by atoms with Crippen molar-refractivity contribution < 1.29 is 19.0 Å². The van der Waals surface area contributed by atoms with Crippen molar-refractivity contribution >= 4 is 17.4 Å². The summed E-state index contributed by atoms with van der Waals surface area (Å²) in [6.07, 6.45) is 6.51. The number of fused-ring (bicyclic) bond motifs is 2. The standard InChI is InChI=1S/C22H24N4O4/c1-2-29-21-18(23-20(27)16-5-3-4-15-8-11-30-19(15)16)13-26-12-17(24-22(26)25-21)14-6-9-28-10-7-14/h3-5,12-14H,2,6-11H2,1H3,(H,23,27). The van der Waals surface area contributed by atoms with Crippen molar-refractivity contribution in [3.63, 3.8) is 0 Å². The molecule has 0 radical (unpaired) electrons. The molecule has 1 N–H and O–H groups in total. The molecule has 5 rings (SSSR count). The molecule has 2 aromatic heterocycles. The summed E-state index contributed by atoms with van der Waals surface area (Å²) in [5, 5.41) is 2.95. The summed E-state index contributed by atoms with van der Waals surface area (Å²) in [6, 6.07) is 5.64.